The number of carbonyl (C=O) groups is 2. The Bertz CT molecular complexity index is 778. The number of carbonyl (C=O) groups excluding carboxylic acids is 2. The normalized spacial score (nSPS) is 13.0. The fraction of sp³-hybridized carbons (Fsp3) is 0.918. The predicted molar refractivity (Wildman–Crippen MR) is 244 cm³/mol. The van der Waals surface area contributed by atoms with Crippen molar-refractivity contribution in [2.24, 2.45) is 0 Å². The molecule has 0 aliphatic carbocycles. The van der Waals surface area contributed by atoms with E-state index in [0.29, 0.717) is 12.8 Å². The van der Waals surface area contributed by atoms with Gasteiger partial charge in [-0.3, -0.25) is 9.59 Å². The molecule has 2 atom stereocenters. The molecule has 0 radical (unpaired) electrons. The Hall–Kier alpha value is -1.60. The van der Waals surface area contributed by atoms with Crippen molar-refractivity contribution in [3.05, 3.63) is 12.8 Å². The van der Waals surface area contributed by atoms with Crippen LogP contribution in [0.3, 0.4) is 0 Å². The van der Waals surface area contributed by atoms with Crippen LogP contribution in [0.15, 0.2) is 12.8 Å². The highest BCUT2D eigenvalue weighted by Crippen LogP contribution is 2.15. The Labute approximate surface area is 349 Å². The van der Waals surface area contributed by atoms with Crippen molar-refractivity contribution in [1.29, 1.82) is 0 Å². The van der Waals surface area contributed by atoms with Crippen molar-refractivity contribution in [1.82, 2.24) is 21.3 Å². The van der Waals surface area contributed by atoms with Crippen molar-refractivity contribution < 1.29 is 14.3 Å². The van der Waals surface area contributed by atoms with E-state index in [-0.39, 0.29) is 30.0 Å². The lowest BCUT2D eigenvalue weighted by molar-refractivity contribution is -0.122. The van der Waals surface area contributed by atoms with E-state index in [9.17, 15) is 9.59 Å². The maximum absolute atomic E-state index is 12.2. The van der Waals surface area contributed by atoms with Gasteiger partial charge in [0.25, 0.3) is 0 Å². The van der Waals surface area contributed by atoms with Gasteiger partial charge in [0.15, 0.2) is 0 Å². The fourth-order valence-electron chi connectivity index (χ4n) is 7.76. The number of hydrogen-bond donors (Lipinski definition) is 4. The molecule has 0 saturated carbocycles. The highest BCUT2D eigenvalue weighted by molar-refractivity contribution is 5.76. The van der Waals surface area contributed by atoms with Gasteiger partial charge in [-0.2, -0.15) is 0 Å². The molecule has 0 aliphatic heterocycles. The van der Waals surface area contributed by atoms with E-state index in [4.69, 9.17) is 4.74 Å². The van der Waals surface area contributed by atoms with Crippen LogP contribution >= 0.6 is 0 Å². The Morgan fingerprint density at radius 3 is 1.00 bits per heavy atom. The van der Waals surface area contributed by atoms with Crippen LogP contribution < -0.4 is 21.3 Å². The van der Waals surface area contributed by atoms with Gasteiger partial charge in [0.2, 0.25) is 11.8 Å². The molecule has 0 fully saturated rings. The molecule has 0 bridgehead atoms. The summed E-state index contributed by atoms with van der Waals surface area (Å²) < 4.78 is 5.93. The standard InChI is InChI=1S/C49H98N4O3/c1-6-9-11-13-15-17-19-21-23-25-27-29-33-39-47(54)52-43-37-31-35-41-50-45(4)49(56-8-3)46(5)51-42-36-32-38-44-53-48(55)40-34-30-28-26-24-22-20-18-16-14-12-10-7-2/h8,45-46,49-51H,3,6-7,9-44H2,1-2,4-5H3,(H,52,54)(H,53,55). The third-order valence-corrected chi connectivity index (χ3v) is 11.5. The minimum absolute atomic E-state index is 0.00119. The molecular weight excluding hydrogens is 693 g/mol. The number of unbranched alkanes of at least 4 members (excludes halogenated alkanes) is 28. The van der Waals surface area contributed by atoms with Crippen LogP contribution in [0.1, 0.15) is 246 Å². The van der Waals surface area contributed by atoms with E-state index >= 15 is 0 Å². The molecule has 332 valence electrons. The fourth-order valence-corrected chi connectivity index (χ4v) is 7.76. The minimum Gasteiger partial charge on any atom is -0.495 e. The molecule has 0 aromatic rings. The molecule has 0 aromatic carbocycles. The second kappa shape index (κ2) is 44.5. The number of nitrogens with one attached hydrogen (secondary N) is 4. The lowest BCUT2D eigenvalue weighted by atomic mass is 10.0. The Morgan fingerprint density at radius 2 is 0.696 bits per heavy atom. The zero-order valence-electron chi connectivity index (χ0n) is 38.1. The van der Waals surface area contributed by atoms with Crippen LogP contribution in [-0.2, 0) is 14.3 Å². The first kappa shape index (κ1) is 54.4. The number of ether oxygens (including phenoxy) is 1. The highest BCUT2D eigenvalue weighted by atomic mass is 16.5. The van der Waals surface area contributed by atoms with Crippen LogP contribution in [0, 0.1) is 0 Å². The minimum atomic E-state index is 0.00119. The van der Waals surface area contributed by atoms with Crippen LogP contribution in [0.5, 0.6) is 0 Å². The molecule has 0 heterocycles. The largest absolute Gasteiger partial charge is 0.495 e. The molecule has 0 aliphatic rings. The summed E-state index contributed by atoms with van der Waals surface area (Å²) in [5, 5.41) is 13.5. The first-order valence-corrected chi connectivity index (χ1v) is 24.7. The van der Waals surface area contributed by atoms with E-state index in [0.717, 1.165) is 77.5 Å². The van der Waals surface area contributed by atoms with Crippen LogP contribution in [0.4, 0.5) is 0 Å². The zero-order chi connectivity index (χ0) is 41.0. The van der Waals surface area contributed by atoms with Crippen LogP contribution in [-0.4, -0.2) is 56.2 Å². The van der Waals surface area contributed by atoms with Crippen molar-refractivity contribution >= 4 is 11.8 Å². The average Bonchev–Trinajstić information content (AvgIpc) is 3.19. The SMILES string of the molecule is C=COC(C(C)NCCCCCNC(=O)CCCCCCCCCCCCCCC)C(C)NCCCCCNC(=O)CCCCCCCCCCCCCCC. The molecule has 0 saturated heterocycles. The molecule has 7 heteroatoms. The topological polar surface area (TPSA) is 91.5 Å². The van der Waals surface area contributed by atoms with E-state index in [1.54, 1.807) is 6.26 Å². The highest BCUT2D eigenvalue weighted by Gasteiger charge is 2.23. The van der Waals surface area contributed by atoms with Crippen molar-refractivity contribution in [3.8, 4) is 0 Å². The van der Waals surface area contributed by atoms with Gasteiger partial charge < -0.3 is 26.0 Å². The number of hydrogen-bond acceptors (Lipinski definition) is 5. The maximum Gasteiger partial charge on any atom is 0.219 e. The van der Waals surface area contributed by atoms with E-state index in [1.807, 2.05) is 0 Å². The summed E-state index contributed by atoms with van der Waals surface area (Å²) in [6, 6.07) is 0.390. The third kappa shape index (κ3) is 39.2. The van der Waals surface area contributed by atoms with Gasteiger partial charge in [-0.25, -0.2) is 0 Å². The molecule has 2 amide bonds. The molecule has 0 spiro atoms. The quantitative estimate of drug-likeness (QED) is 0.0364. The molecule has 4 N–H and O–H groups in total. The zero-order valence-corrected chi connectivity index (χ0v) is 38.1. The molecule has 7 nitrogen and oxygen atoms in total. The predicted octanol–water partition coefficient (Wildman–Crippen LogP) is 13.0. The number of rotatable bonds is 46. The van der Waals surface area contributed by atoms with E-state index in [1.165, 1.54) is 154 Å². The summed E-state index contributed by atoms with van der Waals surface area (Å²) >= 11 is 0. The first-order chi connectivity index (χ1) is 27.5. The van der Waals surface area contributed by atoms with Crippen molar-refractivity contribution in [3.63, 3.8) is 0 Å². The summed E-state index contributed by atoms with van der Waals surface area (Å²) in [7, 11) is 0. The molecule has 0 rings (SSSR count). The van der Waals surface area contributed by atoms with Crippen LogP contribution in [0.2, 0.25) is 0 Å². The Balaban J connectivity index is 3.69. The Morgan fingerprint density at radius 1 is 0.429 bits per heavy atom. The van der Waals surface area contributed by atoms with E-state index in [2.05, 4.69) is 55.5 Å². The lowest BCUT2D eigenvalue weighted by Crippen LogP contribution is -2.50. The van der Waals surface area contributed by atoms with Crippen molar-refractivity contribution in [2.75, 3.05) is 26.2 Å². The lowest BCUT2D eigenvalue weighted by Gasteiger charge is -2.30. The van der Waals surface area contributed by atoms with Gasteiger partial charge in [-0.15, -0.1) is 0 Å². The molecule has 2 unspecified atom stereocenters. The smallest absolute Gasteiger partial charge is 0.219 e. The molecule has 0 aromatic heterocycles. The van der Waals surface area contributed by atoms with Crippen LogP contribution in [0.25, 0.3) is 0 Å². The molecular formula is C49H98N4O3. The summed E-state index contributed by atoms with van der Waals surface area (Å²) in [5.74, 6) is 0.431. The summed E-state index contributed by atoms with van der Waals surface area (Å²) in [6.45, 7) is 16.2. The maximum atomic E-state index is 12.2. The van der Waals surface area contributed by atoms with Crippen molar-refractivity contribution in [2.45, 2.75) is 264 Å². The Kier molecular flexibility index (Phi) is 43.2. The third-order valence-electron chi connectivity index (χ3n) is 11.5. The van der Waals surface area contributed by atoms with Gasteiger partial charge in [-0.05, 0) is 65.5 Å². The van der Waals surface area contributed by atoms with Gasteiger partial charge in [0.05, 0.1) is 6.26 Å². The second-order valence-corrected chi connectivity index (χ2v) is 17.1. The average molecular weight is 791 g/mol. The van der Waals surface area contributed by atoms with Gasteiger partial charge in [0.1, 0.15) is 6.10 Å². The van der Waals surface area contributed by atoms with Gasteiger partial charge >= 0.3 is 0 Å². The summed E-state index contributed by atoms with van der Waals surface area (Å²) in [5.41, 5.74) is 0. The monoisotopic (exact) mass is 791 g/mol. The van der Waals surface area contributed by atoms with E-state index < -0.39 is 0 Å². The summed E-state index contributed by atoms with van der Waals surface area (Å²) in [4.78, 5) is 24.4. The second-order valence-electron chi connectivity index (χ2n) is 17.1. The van der Waals surface area contributed by atoms with Gasteiger partial charge in [0, 0.05) is 38.0 Å². The number of amides is 2. The summed E-state index contributed by atoms with van der Waals surface area (Å²) in [6.07, 6.45) is 43.9. The molecule has 56 heavy (non-hydrogen) atoms. The van der Waals surface area contributed by atoms with Gasteiger partial charge in [-0.1, -0.05) is 187 Å². The first-order valence-electron chi connectivity index (χ1n) is 24.7.